The fraction of sp³-hybridized carbons (Fsp3) is 1.00. The zero-order chi connectivity index (χ0) is 12.9. The molecule has 4 heteroatoms. The van der Waals surface area contributed by atoms with Crippen molar-refractivity contribution in [2.24, 2.45) is 0 Å². The van der Waals surface area contributed by atoms with Gasteiger partial charge < -0.3 is 5.11 Å². The molecule has 0 saturated heterocycles. The van der Waals surface area contributed by atoms with Crippen molar-refractivity contribution in [3.8, 4) is 0 Å². The largest absolute Gasteiger partial charge is 0.390 e. The lowest BCUT2D eigenvalue weighted by Crippen LogP contribution is -2.48. The van der Waals surface area contributed by atoms with Crippen molar-refractivity contribution in [1.82, 2.24) is 0 Å². The molecule has 0 amide bonds. The molecule has 0 spiro atoms. The van der Waals surface area contributed by atoms with Crippen LogP contribution >= 0.6 is 0 Å². The number of aliphatic hydroxyl groups excluding tert-OH is 1. The molecule has 1 rings (SSSR count). The molecule has 1 saturated carbocycles. The molecule has 2 unspecified atom stereocenters. The summed E-state index contributed by atoms with van der Waals surface area (Å²) in [5.74, 6) is 0. The third-order valence-corrected chi connectivity index (χ3v) is 8.75. The molecule has 0 aromatic rings. The zero-order valence-corrected chi connectivity index (χ0v) is 12.8. The summed E-state index contributed by atoms with van der Waals surface area (Å²) in [6.07, 6.45) is 3.57. The van der Waals surface area contributed by atoms with Crippen LogP contribution in [-0.2, 0) is 9.46 Å². The maximum absolute atomic E-state index is 10.1. The summed E-state index contributed by atoms with van der Waals surface area (Å²) in [5.41, 5.74) is -0.490. The van der Waals surface area contributed by atoms with Crippen molar-refractivity contribution in [3.05, 3.63) is 0 Å². The van der Waals surface area contributed by atoms with Gasteiger partial charge in [0.2, 0.25) is 8.32 Å². The monoisotopic (exact) mass is 260 g/mol. The first-order chi connectivity index (χ1) is 8.02. The summed E-state index contributed by atoms with van der Waals surface area (Å²) in [5, 5.41) is 10.1. The molecule has 102 valence electrons. The Balaban J connectivity index is 2.58. The normalized spacial score (nSPS) is 30.5. The van der Waals surface area contributed by atoms with Crippen molar-refractivity contribution in [3.63, 3.8) is 0 Å². The standard InChI is InChI=1S/C13H28O3Si/c1-5-17(6-2,7-3)16-15-13(4)11-9-8-10-12(13)14/h12,14H,5-11H2,1-4H3. The quantitative estimate of drug-likeness (QED) is 0.450. The first-order valence-corrected chi connectivity index (χ1v) is 9.60. The molecule has 0 aliphatic heterocycles. The van der Waals surface area contributed by atoms with Crippen LogP contribution in [0.15, 0.2) is 0 Å². The van der Waals surface area contributed by atoms with Gasteiger partial charge in [-0.15, -0.1) is 0 Å². The Morgan fingerprint density at radius 3 is 2.24 bits per heavy atom. The van der Waals surface area contributed by atoms with E-state index in [-0.39, 0.29) is 6.10 Å². The number of hydrogen-bond acceptors (Lipinski definition) is 3. The van der Waals surface area contributed by atoms with Gasteiger partial charge in [0.05, 0.1) is 6.10 Å². The van der Waals surface area contributed by atoms with E-state index >= 15 is 0 Å². The summed E-state index contributed by atoms with van der Waals surface area (Å²) in [7, 11) is -1.71. The molecule has 2 atom stereocenters. The molecule has 0 aromatic heterocycles. The van der Waals surface area contributed by atoms with Crippen LogP contribution in [0.1, 0.15) is 53.4 Å². The van der Waals surface area contributed by atoms with Gasteiger partial charge in [0.25, 0.3) is 0 Å². The lowest BCUT2D eigenvalue weighted by Gasteiger charge is -2.39. The molecule has 1 aliphatic rings. The van der Waals surface area contributed by atoms with Gasteiger partial charge in [-0.1, -0.05) is 33.6 Å². The maximum Gasteiger partial charge on any atom is 0.238 e. The van der Waals surface area contributed by atoms with Crippen LogP contribution in [0.25, 0.3) is 0 Å². The molecular weight excluding hydrogens is 232 g/mol. The summed E-state index contributed by atoms with van der Waals surface area (Å²) < 4.78 is 5.87. The topological polar surface area (TPSA) is 38.7 Å². The van der Waals surface area contributed by atoms with Crippen LogP contribution in [0, 0.1) is 0 Å². The van der Waals surface area contributed by atoms with Crippen molar-refractivity contribution in [1.29, 1.82) is 0 Å². The molecule has 1 N–H and O–H groups in total. The van der Waals surface area contributed by atoms with Crippen molar-refractivity contribution < 1.29 is 14.6 Å². The fourth-order valence-electron chi connectivity index (χ4n) is 2.49. The fourth-order valence-corrected chi connectivity index (χ4v) is 4.71. The highest BCUT2D eigenvalue weighted by Crippen LogP contribution is 2.34. The van der Waals surface area contributed by atoms with Gasteiger partial charge in [0.1, 0.15) is 5.60 Å². The Morgan fingerprint density at radius 1 is 1.18 bits per heavy atom. The zero-order valence-electron chi connectivity index (χ0n) is 11.8. The molecule has 0 heterocycles. The minimum Gasteiger partial charge on any atom is -0.390 e. The van der Waals surface area contributed by atoms with Gasteiger partial charge in [0.15, 0.2) is 0 Å². The Labute approximate surface area is 107 Å². The van der Waals surface area contributed by atoms with E-state index in [2.05, 4.69) is 20.8 Å². The van der Waals surface area contributed by atoms with Crippen LogP contribution < -0.4 is 0 Å². The minimum atomic E-state index is -1.71. The van der Waals surface area contributed by atoms with E-state index in [9.17, 15) is 5.11 Å². The van der Waals surface area contributed by atoms with E-state index < -0.39 is 13.9 Å². The molecule has 17 heavy (non-hydrogen) atoms. The SMILES string of the molecule is CC[Si](CC)(CC)OOC1(C)CCCCC1O. The Kier molecular flexibility index (Phi) is 5.63. The average Bonchev–Trinajstić information content (AvgIpc) is 2.36. The third-order valence-electron chi connectivity index (χ3n) is 4.45. The molecule has 3 nitrogen and oxygen atoms in total. The Hall–Kier alpha value is 0.0969. The van der Waals surface area contributed by atoms with E-state index in [1.165, 1.54) is 0 Å². The third kappa shape index (κ3) is 3.53. The van der Waals surface area contributed by atoms with Gasteiger partial charge in [-0.25, -0.2) is 4.89 Å². The van der Waals surface area contributed by atoms with E-state index in [0.717, 1.165) is 43.8 Å². The van der Waals surface area contributed by atoms with E-state index in [4.69, 9.17) is 9.46 Å². The summed E-state index contributed by atoms with van der Waals surface area (Å²) >= 11 is 0. The highest BCUT2D eigenvalue weighted by atomic mass is 28.4. The highest BCUT2D eigenvalue weighted by Gasteiger charge is 2.41. The van der Waals surface area contributed by atoms with Crippen molar-refractivity contribution in [2.45, 2.75) is 83.2 Å². The molecule has 0 radical (unpaired) electrons. The van der Waals surface area contributed by atoms with E-state index in [0.29, 0.717) is 0 Å². The van der Waals surface area contributed by atoms with E-state index in [1.54, 1.807) is 0 Å². The summed E-state index contributed by atoms with van der Waals surface area (Å²) in [6, 6.07) is 3.23. The molecule has 0 bridgehead atoms. The summed E-state index contributed by atoms with van der Waals surface area (Å²) in [4.78, 5) is 5.73. The molecule has 0 aromatic carbocycles. The van der Waals surface area contributed by atoms with Crippen LogP contribution in [0.4, 0.5) is 0 Å². The molecular formula is C13H28O3Si. The highest BCUT2D eigenvalue weighted by molar-refractivity contribution is 6.73. The van der Waals surface area contributed by atoms with E-state index in [1.807, 2.05) is 6.92 Å². The first-order valence-electron chi connectivity index (χ1n) is 7.07. The lowest BCUT2D eigenvalue weighted by atomic mass is 9.84. The first kappa shape index (κ1) is 15.2. The maximum atomic E-state index is 10.1. The molecule has 1 aliphatic carbocycles. The van der Waals surface area contributed by atoms with Crippen LogP contribution in [0.3, 0.4) is 0 Å². The number of rotatable bonds is 6. The second-order valence-corrected chi connectivity index (χ2v) is 10.1. The van der Waals surface area contributed by atoms with Crippen molar-refractivity contribution >= 4 is 8.32 Å². The lowest BCUT2D eigenvalue weighted by molar-refractivity contribution is -0.327. The van der Waals surface area contributed by atoms with Crippen LogP contribution in [0.2, 0.25) is 18.1 Å². The van der Waals surface area contributed by atoms with Gasteiger partial charge in [-0.05, 0) is 37.9 Å². The minimum absolute atomic E-state index is 0.381. The smallest absolute Gasteiger partial charge is 0.238 e. The van der Waals surface area contributed by atoms with Gasteiger partial charge in [-0.3, -0.25) is 4.58 Å². The second kappa shape index (κ2) is 6.32. The van der Waals surface area contributed by atoms with Gasteiger partial charge >= 0.3 is 0 Å². The number of hydrogen-bond donors (Lipinski definition) is 1. The average molecular weight is 260 g/mol. The predicted molar refractivity (Wildman–Crippen MR) is 72.2 cm³/mol. The number of aliphatic hydroxyl groups is 1. The van der Waals surface area contributed by atoms with Crippen molar-refractivity contribution in [2.75, 3.05) is 0 Å². The molecule has 1 fully saturated rings. The predicted octanol–water partition coefficient (Wildman–Crippen LogP) is 3.63. The van der Waals surface area contributed by atoms with Crippen LogP contribution in [-0.4, -0.2) is 25.1 Å². The van der Waals surface area contributed by atoms with Crippen LogP contribution in [0.5, 0.6) is 0 Å². The van der Waals surface area contributed by atoms with Gasteiger partial charge in [-0.2, -0.15) is 0 Å². The Bertz CT molecular complexity index is 222. The second-order valence-electron chi connectivity index (χ2n) is 5.48. The van der Waals surface area contributed by atoms with Gasteiger partial charge in [0, 0.05) is 0 Å². The summed E-state index contributed by atoms with van der Waals surface area (Å²) in [6.45, 7) is 8.53. The Morgan fingerprint density at radius 2 is 1.76 bits per heavy atom.